The lowest BCUT2D eigenvalue weighted by molar-refractivity contribution is 0.850. The number of nitrogens with zero attached hydrogens (tertiary/aromatic N) is 6. The fourth-order valence-electron chi connectivity index (χ4n) is 2.74. The van der Waals surface area contributed by atoms with E-state index < -0.39 is 0 Å². The molecule has 0 bridgehead atoms. The van der Waals surface area contributed by atoms with Crippen molar-refractivity contribution in [2.45, 2.75) is 12.8 Å². The Labute approximate surface area is 133 Å². The van der Waals surface area contributed by atoms with E-state index in [9.17, 15) is 0 Å². The van der Waals surface area contributed by atoms with Gasteiger partial charge in [0.25, 0.3) is 5.78 Å². The van der Waals surface area contributed by atoms with Gasteiger partial charge in [-0.2, -0.15) is 24.7 Å². The first-order chi connectivity index (χ1) is 11.4. The number of nitrogens with one attached hydrogen (secondary N) is 1. The highest BCUT2D eigenvalue weighted by molar-refractivity contribution is 5.80. The number of aromatic nitrogens is 4. The average Bonchev–Trinajstić information content (AvgIpc) is 3.27. The summed E-state index contributed by atoms with van der Waals surface area (Å²) in [4.78, 5) is 10.9. The summed E-state index contributed by atoms with van der Waals surface area (Å²) in [5, 5.41) is 8.52. The number of hydrogen-bond acceptors (Lipinski definition) is 6. The average molecular weight is 307 g/mol. The minimum atomic E-state index is 0.576. The van der Waals surface area contributed by atoms with Crippen LogP contribution in [0.3, 0.4) is 0 Å². The van der Waals surface area contributed by atoms with Crippen LogP contribution in [0.25, 0.3) is 5.78 Å². The summed E-state index contributed by atoms with van der Waals surface area (Å²) in [7, 11) is 0. The van der Waals surface area contributed by atoms with E-state index in [1.165, 1.54) is 19.2 Å². The largest absolute Gasteiger partial charge is 0.356 e. The lowest BCUT2D eigenvalue weighted by Crippen LogP contribution is -2.21. The van der Waals surface area contributed by atoms with Crippen molar-refractivity contribution in [3.05, 3.63) is 48.3 Å². The summed E-state index contributed by atoms with van der Waals surface area (Å²) in [5.41, 5.74) is 4.02. The lowest BCUT2D eigenvalue weighted by Gasteiger charge is -2.18. The van der Waals surface area contributed by atoms with Crippen LogP contribution in [0.15, 0.2) is 47.8 Å². The Morgan fingerprint density at radius 3 is 2.78 bits per heavy atom. The molecule has 23 heavy (non-hydrogen) atoms. The fourth-order valence-corrected chi connectivity index (χ4v) is 2.74. The molecule has 116 valence electrons. The van der Waals surface area contributed by atoms with Crippen molar-refractivity contribution in [2.24, 2.45) is 5.10 Å². The highest BCUT2D eigenvalue weighted by Crippen LogP contribution is 2.22. The zero-order valence-corrected chi connectivity index (χ0v) is 12.6. The van der Waals surface area contributed by atoms with Crippen molar-refractivity contribution in [3.8, 4) is 0 Å². The molecule has 0 amide bonds. The third kappa shape index (κ3) is 2.85. The van der Waals surface area contributed by atoms with Crippen molar-refractivity contribution >= 4 is 23.6 Å². The van der Waals surface area contributed by atoms with Crippen molar-refractivity contribution in [1.82, 2.24) is 19.6 Å². The Bertz CT molecular complexity index is 819. The molecule has 7 heteroatoms. The molecule has 0 saturated carbocycles. The molecule has 0 aliphatic carbocycles. The molecule has 1 fully saturated rings. The molecule has 3 heterocycles. The number of hydrogen-bond donors (Lipinski definition) is 1. The second-order valence-electron chi connectivity index (χ2n) is 5.45. The monoisotopic (exact) mass is 307 g/mol. The van der Waals surface area contributed by atoms with Gasteiger partial charge in [0.05, 0.1) is 6.21 Å². The van der Waals surface area contributed by atoms with Crippen LogP contribution in [0.1, 0.15) is 18.4 Å². The molecule has 3 aromatic rings. The molecule has 2 aromatic heterocycles. The van der Waals surface area contributed by atoms with Gasteiger partial charge in [-0.25, -0.2) is 0 Å². The first-order valence-electron chi connectivity index (χ1n) is 7.70. The number of hydrazone groups is 1. The Kier molecular flexibility index (Phi) is 3.59. The lowest BCUT2D eigenvalue weighted by atomic mass is 10.2. The first-order valence-corrected chi connectivity index (χ1v) is 7.70. The van der Waals surface area contributed by atoms with Gasteiger partial charge in [-0.15, -0.1) is 0 Å². The number of rotatable bonds is 4. The molecule has 0 spiro atoms. The van der Waals surface area contributed by atoms with Crippen LogP contribution in [0.5, 0.6) is 0 Å². The topological polar surface area (TPSA) is 70.7 Å². The molecule has 1 N–H and O–H groups in total. The maximum Gasteiger partial charge on any atom is 0.256 e. The second-order valence-corrected chi connectivity index (χ2v) is 5.45. The Hall–Kier alpha value is -2.96. The molecule has 0 radical (unpaired) electrons. The van der Waals surface area contributed by atoms with Crippen molar-refractivity contribution in [2.75, 3.05) is 23.4 Å². The Morgan fingerprint density at radius 1 is 1.13 bits per heavy atom. The summed E-state index contributed by atoms with van der Waals surface area (Å²) < 4.78 is 1.78. The van der Waals surface area contributed by atoms with E-state index in [1.807, 2.05) is 36.4 Å². The summed E-state index contributed by atoms with van der Waals surface area (Å²) in [6.07, 6.45) is 5.70. The van der Waals surface area contributed by atoms with E-state index in [1.54, 1.807) is 10.7 Å². The highest BCUT2D eigenvalue weighted by atomic mass is 15.4. The van der Waals surface area contributed by atoms with E-state index in [2.05, 4.69) is 30.5 Å². The number of benzene rings is 1. The van der Waals surface area contributed by atoms with Crippen molar-refractivity contribution in [3.63, 3.8) is 0 Å². The van der Waals surface area contributed by atoms with E-state index in [-0.39, 0.29) is 0 Å². The number of anilines is 2. The van der Waals surface area contributed by atoms with Gasteiger partial charge in [-0.05, 0) is 18.4 Å². The molecule has 1 aromatic carbocycles. The summed E-state index contributed by atoms with van der Waals surface area (Å²) >= 11 is 0. The fraction of sp³-hybridized carbons (Fsp3) is 0.250. The van der Waals surface area contributed by atoms with E-state index in [0.29, 0.717) is 11.6 Å². The zero-order valence-electron chi connectivity index (χ0n) is 12.6. The second kappa shape index (κ2) is 6.04. The van der Waals surface area contributed by atoms with Crippen LogP contribution in [0, 0.1) is 0 Å². The zero-order chi connectivity index (χ0) is 15.5. The maximum atomic E-state index is 4.44. The standard InChI is InChI=1S/C16H17N7/c1-2-6-13(7-3-1)11-18-21-14-10-15(22-8-4-5-9-22)23-16(20-14)17-12-19-23/h1-3,6-7,10-12H,4-5,8-9H2,(H,17,19,20,21)/b18-11+. The maximum absolute atomic E-state index is 4.44. The normalized spacial score (nSPS) is 14.9. The van der Waals surface area contributed by atoms with Gasteiger partial charge in [0.1, 0.15) is 12.1 Å². The molecule has 1 aliphatic rings. The molecular weight excluding hydrogens is 290 g/mol. The Morgan fingerprint density at radius 2 is 1.96 bits per heavy atom. The van der Waals surface area contributed by atoms with Gasteiger partial charge >= 0.3 is 0 Å². The van der Waals surface area contributed by atoms with Gasteiger partial charge in [0.2, 0.25) is 0 Å². The van der Waals surface area contributed by atoms with Crippen LogP contribution in [0.4, 0.5) is 11.6 Å². The molecule has 1 saturated heterocycles. The molecule has 4 rings (SSSR count). The van der Waals surface area contributed by atoms with Gasteiger partial charge in [0, 0.05) is 19.2 Å². The summed E-state index contributed by atoms with van der Waals surface area (Å²) in [5.74, 6) is 2.24. The quantitative estimate of drug-likeness (QED) is 0.591. The third-order valence-electron chi connectivity index (χ3n) is 3.86. The Balaban J connectivity index is 1.61. The van der Waals surface area contributed by atoms with E-state index in [0.717, 1.165) is 24.5 Å². The minimum absolute atomic E-state index is 0.576. The van der Waals surface area contributed by atoms with Gasteiger partial charge in [0.15, 0.2) is 5.82 Å². The molecular formula is C16H17N7. The molecule has 7 nitrogen and oxygen atoms in total. The van der Waals surface area contributed by atoms with Crippen LogP contribution in [0.2, 0.25) is 0 Å². The van der Waals surface area contributed by atoms with E-state index in [4.69, 9.17) is 0 Å². The highest BCUT2D eigenvalue weighted by Gasteiger charge is 2.17. The van der Waals surface area contributed by atoms with Gasteiger partial charge in [-0.3, -0.25) is 5.43 Å². The van der Waals surface area contributed by atoms with Crippen LogP contribution < -0.4 is 10.3 Å². The minimum Gasteiger partial charge on any atom is -0.356 e. The summed E-state index contributed by atoms with van der Waals surface area (Å²) in [6.45, 7) is 2.07. The first kappa shape index (κ1) is 13.7. The SMILES string of the molecule is C(=N\Nc1cc(N2CCCC2)n2ncnc2n1)/c1ccccc1. The predicted molar refractivity (Wildman–Crippen MR) is 89.9 cm³/mol. The van der Waals surface area contributed by atoms with Crippen molar-refractivity contribution in [1.29, 1.82) is 0 Å². The van der Waals surface area contributed by atoms with Crippen LogP contribution >= 0.6 is 0 Å². The number of fused-ring (bicyclic) bond motifs is 1. The van der Waals surface area contributed by atoms with Gasteiger partial charge < -0.3 is 4.90 Å². The smallest absolute Gasteiger partial charge is 0.256 e. The van der Waals surface area contributed by atoms with Gasteiger partial charge in [-0.1, -0.05) is 30.3 Å². The van der Waals surface area contributed by atoms with Crippen LogP contribution in [-0.4, -0.2) is 38.9 Å². The predicted octanol–water partition coefficient (Wildman–Crippen LogP) is 2.17. The third-order valence-corrected chi connectivity index (χ3v) is 3.86. The molecule has 1 aliphatic heterocycles. The van der Waals surface area contributed by atoms with Crippen molar-refractivity contribution < 1.29 is 0 Å². The van der Waals surface area contributed by atoms with Crippen LogP contribution in [-0.2, 0) is 0 Å². The summed E-state index contributed by atoms with van der Waals surface area (Å²) in [6, 6.07) is 11.9. The molecule has 0 atom stereocenters. The molecule has 0 unspecified atom stereocenters. The van der Waals surface area contributed by atoms with E-state index >= 15 is 0 Å².